The molecule has 0 fully saturated rings. The van der Waals surface area contributed by atoms with Crippen LogP contribution in [-0.2, 0) is 9.59 Å². The average molecular weight is 284 g/mol. The van der Waals surface area contributed by atoms with Crippen molar-refractivity contribution in [2.24, 2.45) is 0 Å². The summed E-state index contributed by atoms with van der Waals surface area (Å²) in [6.45, 7) is 4.17. The summed E-state index contributed by atoms with van der Waals surface area (Å²) in [5.74, 6) is -2.34. The molecule has 0 radical (unpaired) electrons. The number of carbonyl (C=O) groups excluding carboxylic acids is 1. The standard InChI is InChI=1S/C11H22O.C2HF3O2/c1-3-5-6-7-8-9-10-11(12)4-2;3-2(4,5)1(6)7/h3-10H2,1-2H3;(H,6,7). The first-order valence-corrected chi connectivity index (χ1v) is 6.57. The molecule has 0 aromatic heterocycles. The van der Waals surface area contributed by atoms with Gasteiger partial charge in [0.25, 0.3) is 0 Å². The van der Waals surface area contributed by atoms with Crippen molar-refractivity contribution in [3.63, 3.8) is 0 Å². The number of hydrogen-bond acceptors (Lipinski definition) is 2. The van der Waals surface area contributed by atoms with E-state index in [-0.39, 0.29) is 0 Å². The number of halogens is 3. The minimum atomic E-state index is -5.08. The number of hydrogen-bond donors (Lipinski definition) is 1. The highest BCUT2D eigenvalue weighted by atomic mass is 19.4. The van der Waals surface area contributed by atoms with Crippen LogP contribution in [-0.4, -0.2) is 23.0 Å². The molecule has 3 nitrogen and oxygen atoms in total. The quantitative estimate of drug-likeness (QED) is 0.674. The van der Waals surface area contributed by atoms with E-state index in [0.29, 0.717) is 5.78 Å². The number of ketones is 1. The van der Waals surface area contributed by atoms with E-state index in [1.165, 1.54) is 32.1 Å². The molecule has 0 atom stereocenters. The number of rotatable bonds is 8. The van der Waals surface area contributed by atoms with Gasteiger partial charge in [0.15, 0.2) is 0 Å². The van der Waals surface area contributed by atoms with Gasteiger partial charge in [-0.25, -0.2) is 4.79 Å². The van der Waals surface area contributed by atoms with Crippen LogP contribution in [0.3, 0.4) is 0 Å². The fourth-order valence-electron chi connectivity index (χ4n) is 1.28. The van der Waals surface area contributed by atoms with Gasteiger partial charge in [-0.2, -0.15) is 13.2 Å². The molecule has 0 saturated heterocycles. The third-order valence-electron chi connectivity index (χ3n) is 2.45. The lowest BCUT2D eigenvalue weighted by atomic mass is 10.1. The Morgan fingerprint density at radius 1 is 0.947 bits per heavy atom. The Morgan fingerprint density at radius 2 is 1.37 bits per heavy atom. The number of alkyl halides is 3. The summed E-state index contributed by atoms with van der Waals surface area (Å²) >= 11 is 0. The second-order valence-corrected chi connectivity index (χ2v) is 4.21. The van der Waals surface area contributed by atoms with Crippen molar-refractivity contribution >= 4 is 11.8 Å². The van der Waals surface area contributed by atoms with Gasteiger partial charge in [-0.05, 0) is 6.42 Å². The molecule has 0 rings (SSSR count). The molecule has 0 heterocycles. The second kappa shape index (κ2) is 12.0. The molecule has 0 saturated carbocycles. The number of unbranched alkanes of at least 4 members (excludes halogenated alkanes) is 5. The highest BCUT2D eigenvalue weighted by Gasteiger charge is 2.38. The molecular weight excluding hydrogens is 261 g/mol. The maximum atomic E-state index is 10.9. The Labute approximate surface area is 112 Å². The van der Waals surface area contributed by atoms with E-state index in [9.17, 15) is 18.0 Å². The average Bonchev–Trinajstić information content (AvgIpc) is 2.32. The van der Waals surface area contributed by atoms with Crippen LogP contribution in [0.2, 0.25) is 0 Å². The lowest BCUT2D eigenvalue weighted by Gasteiger charge is -1.98. The lowest BCUT2D eigenvalue weighted by molar-refractivity contribution is -0.192. The summed E-state index contributed by atoms with van der Waals surface area (Å²) < 4.78 is 31.7. The second-order valence-electron chi connectivity index (χ2n) is 4.21. The van der Waals surface area contributed by atoms with Crippen LogP contribution in [0.1, 0.15) is 65.2 Å². The van der Waals surface area contributed by atoms with Gasteiger partial charge in [-0.15, -0.1) is 0 Å². The fraction of sp³-hybridized carbons (Fsp3) is 0.846. The van der Waals surface area contributed by atoms with Gasteiger partial charge < -0.3 is 5.11 Å². The SMILES string of the molecule is CCCCCCCCC(=O)CC.O=C(O)C(F)(F)F. The van der Waals surface area contributed by atoms with Crippen LogP contribution in [0, 0.1) is 0 Å². The first-order valence-electron chi connectivity index (χ1n) is 6.57. The van der Waals surface area contributed by atoms with E-state index in [1.807, 2.05) is 6.92 Å². The molecular formula is C13H23F3O3. The van der Waals surface area contributed by atoms with Crippen LogP contribution in [0.4, 0.5) is 13.2 Å². The number of carboxylic acids is 1. The molecule has 0 aromatic carbocycles. The fourth-order valence-corrected chi connectivity index (χ4v) is 1.28. The van der Waals surface area contributed by atoms with Crippen molar-refractivity contribution < 1.29 is 27.9 Å². The van der Waals surface area contributed by atoms with Crippen molar-refractivity contribution in [3.05, 3.63) is 0 Å². The first-order chi connectivity index (χ1) is 8.75. The lowest BCUT2D eigenvalue weighted by Crippen LogP contribution is -2.21. The monoisotopic (exact) mass is 284 g/mol. The Morgan fingerprint density at radius 3 is 1.74 bits per heavy atom. The maximum Gasteiger partial charge on any atom is 0.490 e. The van der Waals surface area contributed by atoms with E-state index >= 15 is 0 Å². The van der Waals surface area contributed by atoms with Gasteiger partial charge in [0.1, 0.15) is 5.78 Å². The van der Waals surface area contributed by atoms with E-state index < -0.39 is 12.1 Å². The summed E-state index contributed by atoms with van der Waals surface area (Å²) in [7, 11) is 0. The zero-order valence-corrected chi connectivity index (χ0v) is 11.6. The van der Waals surface area contributed by atoms with E-state index in [4.69, 9.17) is 9.90 Å². The molecule has 0 aliphatic carbocycles. The van der Waals surface area contributed by atoms with E-state index in [0.717, 1.165) is 19.3 Å². The van der Waals surface area contributed by atoms with Crippen LogP contribution < -0.4 is 0 Å². The van der Waals surface area contributed by atoms with Crippen molar-refractivity contribution in [1.29, 1.82) is 0 Å². The molecule has 0 spiro atoms. The van der Waals surface area contributed by atoms with Crippen molar-refractivity contribution in [3.8, 4) is 0 Å². The molecule has 19 heavy (non-hydrogen) atoms. The van der Waals surface area contributed by atoms with E-state index in [1.54, 1.807) is 0 Å². The largest absolute Gasteiger partial charge is 0.490 e. The first kappa shape index (κ1) is 20.3. The normalized spacial score (nSPS) is 10.6. The number of carboxylic acid groups (broad SMARTS) is 1. The minimum absolute atomic E-state index is 0.422. The topological polar surface area (TPSA) is 54.4 Å². The predicted octanol–water partition coefficient (Wildman–Crippen LogP) is 4.35. The molecule has 0 unspecified atom stereocenters. The van der Waals surface area contributed by atoms with Crippen LogP contribution in [0.25, 0.3) is 0 Å². The number of aliphatic carboxylic acids is 1. The zero-order valence-electron chi connectivity index (χ0n) is 11.6. The molecule has 0 bridgehead atoms. The van der Waals surface area contributed by atoms with Crippen LogP contribution in [0.5, 0.6) is 0 Å². The molecule has 0 aliphatic heterocycles. The van der Waals surface area contributed by atoms with Gasteiger partial charge in [-0.3, -0.25) is 4.79 Å². The zero-order chi connectivity index (χ0) is 15.3. The summed E-state index contributed by atoms with van der Waals surface area (Å²) in [5.41, 5.74) is 0. The van der Waals surface area contributed by atoms with Crippen molar-refractivity contribution in [2.75, 3.05) is 0 Å². The Bertz CT molecular complexity index is 250. The van der Waals surface area contributed by atoms with Gasteiger partial charge >= 0.3 is 12.1 Å². The Hall–Kier alpha value is -1.07. The van der Waals surface area contributed by atoms with Crippen molar-refractivity contribution in [2.45, 2.75) is 71.4 Å². The van der Waals surface area contributed by atoms with Gasteiger partial charge in [-0.1, -0.05) is 46.0 Å². The van der Waals surface area contributed by atoms with Crippen LogP contribution in [0.15, 0.2) is 0 Å². The summed E-state index contributed by atoms with van der Waals surface area (Å²) in [6, 6.07) is 0. The highest BCUT2D eigenvalue weighted by molar-refractivity contribution is 5.77. The molecule has 1 N–H and O–H groups in total. The van der Waals surface area contributed by atoms with Gasteiger partial charge in [0.05, 0.1) is 0 Å². The predicted molar refractivity (Wildman–Crippen MR) is 67.0 cm³/mol. The summed E-state index contributed by atoms with van der Waals surface area (Å²) in [4.78, 5) is 19.8. The number of carbonyl (C=O) groups is 2. The van der Waals surface area contributed by atoms with Crippen molar-refractivity contribution in [1.82, 2.24) is 0 Å². The molecule has 114 valence electrons. The molecule has 6 heteroatoms. The molecule has 0 amide bonds. The smallest absolute Gasteiger partial charge is 0.475 e. The third-order valence-corrected chi connectivity index (χ3v) is 2.45. The maximum absolute atomic E-state index is 10.9. The minimum Gasteiger partial charge on any atom is -0.475 e. The van der Waals surface area contributed by atoms with Gasteiger partial charge in [0.2, 0.25) is 0 Å². The summed E-state index contributed by atoms with van der Waals surface area (Å²) in [6.07, 6.45) is 4.09. The Kier molecular flexibility index (Phi) is 12.8. The highest BCUT2D eigenvalue weighted by Crippen LogP contribution is 2.13. The third kappa shape index (κ3) is 16.9. The molecule has 0 aromatic rings. The van der Waals surface area contributed by atoms with E-state index in [2.05, 4.69) is 6.92 Å². The van der Waals surface area contributed by atoms with Gasteiger partial charge in [0, 0.05) is 12.8 Å². The summed E-state index contributed by atoms with van der Waals surface area (Å²) in [5, 5.41) is 7.12. The Balaban J connectivity index is 0. The number of Topliss-reactive ketones (excluding diaryl/α,β-unsaturated/α-hetero) is 1. The molecule has 0 aliphatic rings. The van der Waals surface area contributed by atoms with Crippen LogP contribution >= 0.6 is 0 Å².